The van der Waals surface area contributed by atoms with Gasteiger partial charge in [-0.1, -0.05) is 0 Å². The molecule has 3 N–H and O–H groups in total. The molecule has 0 aliphatic carbocycles. The van der Waals surface area contributed by atoms with Gasteiger partial charge in [0.25, 0.3) is 5.91 Å². The van der Waals surface area contributed by atoms with Gasteiger partial charge in [0.2, 0.25) is 0 Å². The summed E-state index contributed by atoms with van der Waals surface area (Å²) in [6, 6.07) is 3.33. The van der Waals surface area contributed by atoms with E-state index in [2.05, 4.69) is 15.0 Å². The fraction of sp³-hybridized carbons (Fsp3) is 0. The highest BCUT2D eigenvalue weighted by atomic mass is 16.1. The second kappa shape index (κ2) is 3.29. The molecule has 0 atom stereocenters. The van der Waals surface area contributed by atoms with Gasteiger partial charge in [0, 0.05) is 12.4 Å². The summed E-state index contributed by atoms with van der Waals surface area (Å²) in [6.07, 6.45) is 4.67. The van der Waals surface area contributed by atoms with E-state index in [9.17, 15) is 4.79 Å². The highest BCUT2D eigenvalue weighted by molar-refractivity contribution is 5.98. The molecule has 1 amide bonds. The molecule has 0 unspecified atom stereocenters. The highest BCUT2D eigenvalue weighted by Crippen LogP contribution is 2.18. The Morgan fingerprint density at radius 3 is 2.93 bits per heavy atom. The molecule has 2 rings (SSSR count). The number of hydrogen-bond acceptors (Lipinski definition) is 3. The molecule has 0 bridgehead atoms. The molecule has 70 valence electrons. The van der Waals surface area contributed by atoms with E-state index in [-0.39, 0.29) is 0 Å². The zero-order valence-corrected chi connectivity index (χ0v) is 7.27. The molecule has 0 radical (unpaired) electrons. The Hall–Kier alpha value is -2.17. The number of nitrogens with one attached hydrogen (secondary N) is 1. The van der Waals surface area contributed by atoms with Crippen LogP contribution in [0.5, 0.6) is 0 Å². The number of rotatable bonds is 2. The highest BCUT2D eigenvalue weighted by Gasteiger charge is 2.11. The van der Waals surface area contributed by atoms with Crippen molar-refractivity contribution in [3.8, 4) is 11.4 Å². The predicted molar refractivity (Wildman–Crippen MR) is 50.3 cm³/mol. The Bertz CT molecular complexity index is 449. The third kappa shape index (κ3) is 1.35. The maximum absolute atomic E-state index is 11.0. The van der Waals surface area contributed by atoms with Crippen molar-refractivity contribution in [1.29, 1.82) is 0 Å². The first-order chi connectivity index (χ1) is 6.79. The second-order valence-electron chi connectivity index (χ2n) is 2.73. The Morgan fingerprint density at radius 1 is 1.43 bits per heavy atom. The van der Waals surface area contributed by atoms with Gasteiger partial charge in [0.1, 0.15) is 6.33 Å². The number of carbonyl (C=O) groups is 1. The summed E-state index contributed by atoms with van der Waals surface area (Å²) in [5, 5.41) is 0. The van der Waals surface area contributed by atoms with Crippen LogP contribution in [0, 0.1) is 0 Å². The van der Waals surface area contributed by atoms with E-state index in [1.807, 2.05) is 0 Å². The van der Waals surface area contributed by atoms with Crippen molar-refractivity contribution >= 4 is 5.91 Å². The standard InChI is InChI=1S/C9H8N4O/c10-9(14)6-1-4-12-8(6)7-2-3-11-5-13-7/h1-5,12H,(H2,10,14). The normalized spacial score (nSPS) is 10.0. The van der Waals surface area contributed by atoms with E-state index >= 15 is 0 Å². The quantitative estimate of drug-likeness (QED) is 0.722. The van der Waals surface area contributed by atoms with Crippen molar-refractivity contribution in [2.45, 2.75) is 0 Å². The van der Waals surface area contributed by atoms with Crippen molar-refractivity contribution in [3.05, 3.63) is 36.4 Å². The number of H-pyrrole nitrogens is 1. The average molecular weight is 188 g/mol. The van der Waals surface area contributed by atoms with Crippen LogP contribution in [0.15, 0.2) is 30.9 Å². The number of carbonyl (C=O) groups excluding carboxylic acids is 1. The van der Waals surface area contributed by atoms with E-state index in [1.54, 1.807) is 24.5 Å². The van der Waals surface area contributed by atoms with Crippen LogP contribution in [0.2, 0.25) is 0 Å². The lowest BCUT2D eigenvalue weighted by molar-refractivity contribution is 0.100. The molecule has 0 saturated carbocycles. The van der Waals surface area contributed by atoms with Crippen LogP contribution in [0.25, 0.3) is 11.4 Å². The number of aromatic nitrogens is 3. The second-order valence-corrected chi connectivity index (χ2v) is 2.73. The summed E-state index contributed by atoms with van der Waals surface area (Å²) in [5.41, 5.74) is 6.90. The van der Waals surface area contributed by atoms with Crippen LogP contribution in [-0.2, 0) is 0 Å². The number of amides is 1. The number of nitrogens with zero attached hydrogens (tertiary/aromatic N) is 2. The molecule has 2 aromatic rings. The van der Waals surface area contributed by atoms with E-state index in [4.69, 9.17) is 5.73 Å². The molecular formula is C9H8N4O. The zero-order valence-electron chi connectivity index (χ0n) is 7.27. The molecule has 0 spiro atoms. The van der Waals surface area contributed by atoms with E-state index < -0.39 is 5.91 Å². The minimum Gasteiger partial charge on any atom is -0.366 e. The number of primary amides is 1. The van der Waals surface area contributed by atoms with Gasteiger partial charge in [-0.25, -0.2) is 9.97 Å². The van der Waals surface area contributed by atoms with E-state index in [0.717, 1.165) is 0 Å². The lowest BCUT2D eigenvalue weighted by atomic mass is 10.2. The van der Waals surface area contributed by atoms with Gasteiger partial charge in [-0.3, -0.25) is 4.79 Å². The molecule has 5 nitrogen and oxygen atoms in total. The average Bonchev–Trinajstić information content (AvgIpc) is 2.67. The lowest BCUT2D eigenvalue weighted by Gasteiger charge is -1.98. The van der Waals surface area contributed by atoms with Crippen molar-refractivity contribution < 1.29 is 4.79 Å². The molecule has 5 heteroatoms. The molecule has 0 aliphatic rings. The molecule has 2 heterocycles. The minimum absolute atomic E-state index is 0.434. The maximum atomic E-state index is 11.0. The van der Waals surface area contributed by atoms with Crippen LogP contribution < -0.4 is 5.73 Å². The number of aromatic amines is 1. The first-order valence-corrected chi connectivity index (χ1v) is 4.02. The van der Waals surface area contributed by atoms with Gasteiger partial charge in [0.05, 0.1) is 17.0 Å². The lowest BCUT2D eigenvalue weighted by Crippen LogP contribution is -2.11. The minimum atomic E-state index is -0.472. The molecule has 0 saturated heterocycles. The topological polar surface area (TPSA) is 84.7 Å². The predicted octanol–water partition coefficient (Wildman–Crippen LogP) is 0.571. The fourth-order valence-electron chi connectivity index (χ4n) is 1.23. The first kappa shape index (κ1) is 8.43. The Kier molecular flexibility index (Phi) is 1.98. The van der Waals surface area contributed by atoms with Gasteiger partial charge < -0.3 is 10.7 Å². The molecular weight excluding hydrogens is 180 g/mol. The number of hydrogen-bond donors (Lipinski definition) is 2. The molecule has 14 heavy (non-hydrogen) atoms. The summed E-state index contributed by atoms with van der Waals surface area (Å²) >= 11 is 0. The van der Waals surface area contributed by atoms with Crippen LogP contribution in [0.4, 0.5) is 0 Å². The Morgan fingerprint density at radius 2 is 2.29 bits per heavy atom. The monoisotopic (exact) mass is 188 g/mol. The summed E-state index contributed by atoms with van der Waals surface area (Å²) in [6.45, 7) is 0. The van der Waals surface area contributed by atoms with Gasteiger partial charge in [0.15, 0.2) is 0 Å². The van der Waals surface area contributed by atoms with Crippen molar-refractivity contribution in [2.75, 3.05) is 0 Å². The first-order valence-electron chi connectivity index (χ1n) is 4.02. The molecule has 0 aromatic carbocycles. The smallest absolute Gasteiger partial charge is 0.250 e. The third-order valence-electron chi connectivity index (χ3n) is 1.85. The molecule has 2 aromatic heterocycles. The van der Waals surface area contributed by atoms with E-state index in [1.165, 1.54) is 6.33 Å². The van der Waals surface area contributed by atoms with Gasteiger partial charge in [-0.05, 0) is 12.1 Å². The summed E-state index contributed by atoms with van der Waals surface area (Å²) in [7, 11) is 0. The van der Waals surface area contributed by atoms with Crippen molar-refractivity contribution in [1.82, 2.24) is 15.0 Å². The van der Waals surface area contributed by atoms with Crippen LogP contribution in [0.1, 0.15) is 10.4 Å². The van der Waals surface area contributed by atoms with E-state index in [0.29, 0.717) is 17.0 Å². The van der Waals surface area contributed by atoms with Crippen molar-refractivity contribution in [3.63, 3.8) is 0 Å². The van der Waals surface area contributed by atoms with Gasteiger partial charge in [-0.15, -0.1) is 0 Å². The van der Waals surface area contributed by atoms with Crippen molar-refractivity contribution in [2.24, 2.45) is 5.73 Å². The molecule has 0 fully saturated rings. The largest absolute Gasteiger partial charge is 0.366 e. The SMILES string of the molecule is NC(=O)c1cc[nH]c1-c1ccncn1. The van der Waals surface area contributed by atoms with Crippen LogP contribution in [0.3, 0.4) is 0 Å². The maximum Gasteiger partial charge on any atom is 0.250 e. The molecule has 0 aliphatic heterocycles. The van der Waals surface area contributed by atoms with Gasteiger partial charge >= 0.3 is 0 Å². The number of nitrogens with two attached hydrogens (primary N) is 1. The Labute approximate surface area is 80.0 Å². The van der Waals surface area contributed by atoms with Gasteiger partial charge in [-0.2, -0.15) is 0 Å². The Balaban J connectivity index is 2.52. The van der Waals surface area contributed by atoms with Crippen LogP contribution >= 0.6 is 0 Å². The van der Waals surface area contributed by atoms with Crippen LogP contribution in [-0.4, -0.2) is 20.9 Å². The summed E-state index contributed by atoms with van der Waals surface area (Å²) < 4.78 is 0. The summed E-state index contributed by atoms with van der Waals surface area (Å²) in [5.74, 6) is -0.472. The fourth-order valence-corrected chi connectivity index (χ4v) is 1.23. The zero-order chi connectivity index (χ0) is 9.97. The third-order valence-corrected chi connectivity index (χ3v) is 1.85. The summed E-state index contributed by atoms with van der Waals surface area (Å²) in [4.78, 5) is 21.7.